The summed E-state index contributed by atoms with van der Waals surface area (Å²) in [5, 5.41) is 12.9. The van der Waals surface area contributed by atoms with E-state index in [2.05, 4.69) is 10.3 Å². The lowest BCUT2D eigenvalue weighted by atomic mass is 9.82. The van der Waals surface area contributed by atoms with E-state index in [0.29, 0.717) is 12.8 Å². The lowest BCUT2D eigenvalue weighted by Crippen LogP contribution is -2.36. The Morgan fingerprint density at radius 1 is 1.41 bits per heavy atom. The molecule has 0 spiro atoms. The average Bonchev–Trinajstić information content (AvgIpc) is 2.46. The van der Waals surface area contributed by atoms with E-state index in [1.807, 2.05) is 0 Å². The van der Waals surface area contributed by atoms with Crippen LogP contribution >= 0.6 is 0 Å². The van der Waals surface area contributed by atoms with E-state index in [1.54, 1.807) is 6.07 Å². The molecular weight excluding hydrogens is 294 g/mol. The van der Waals surface area contributed by atoms with E-state index in [9.17, 15) is 18.7 Å². The smallest absolute Gasteiger partial charge is 0.272 e. The Morgan fingerprint density at radius 2 is 2.14 bits per heavy atom. The minimum Gasteiger partial charge on any atom is -0.470 e. The highest BCUT2D eigenvalue weighted by Gasteiger charge is 2.31. The van der Waals surface area contributed by atoms with E-state index in [0.717, 1.165) is 19.3 Å². The van der Waals surface area contributed by atoms with Gasteiger partial charge in [-0.3, -0.25) is 4.79 Å². The van der Waals surface area contributed by atoms with Crippen molar-refractivity contribution in [3.05, 3.63) is 18.3 Å². The number of pyridine rings is 1. The minimum absolute atomic E-state index is 0.0177. The topological polar surface area (TPSA) is 71.5 Å². The number of anilines is 1. The van der Waals surface area contributed by atoms with Crippen molar-refractivity contribution in [1.29, 1.82) is 0 Å². The molecule has 1 aliphatic rings. The summed E-state index contributed by atoms with van der Waals surface area (Å²) < 4.78 is 29.3. The van der Waals surface area contributed by atoms with Gasteiger partial charge in [-0.05, 0) is 25.0 Å². The second-order valence-electron chi connectivity index (χ2n) is 5.57. The summed E-state index contributed by atoms with van der Waals surface area (Å²) in [5.74, 6) is -0.425. The molecule has 122 valence electrons. The molecule has 0 saturated heterocycles. The van der Waals surface area contributed by atoms with Gasteiger partial charge in [-0.1, -0.05) is 19.3 Å². The molecule has 22 heavy (non-hydrogen) atoms. The van der Waals surface area contributed by atoms with Crippen LogP contribution in [0.15, 0.2) is 18.3 Å². The first-order valence-corrected chi connectivity index (χ1v) is 7.37. The SMILES string of the molecule is O=C(CC1(O)CCCCC1)Nc1cccnc1OCC(F)F. The number of rotatable bonds is 6. The number of hydrogen-bond acceptors (Lipinski definition) is 4. The Kier molecular flexibility index (Phi) is 5.65. The number of aromatic nitrogens is 1. The van der Waals surface area contributed by atoms with Crippen LogP contribution in [0, 0.1) is 0 Å². The largest absolute Gasteiger partial charge is 0.470 e. The van der Waals surface area contributed by atoms with Gasteiger partial charge in [0.2, 0.25) is 11.8 Å². The van der Waals surface area contributed by atoms with Gasteiger partial charge in [0, 0.05) is 6.20 Å². The molecule has 1 saturated carbocycles. The van der Waals surface area contributed by atoms with Crippen LogP contribution < -0.4 is 10.1 Å². The zero-order chi connectivity index (χ0) is 16.0. The Labute approximate surface area is 127 Å². The van der Waals surface area contributed by atoms with Crippen LogP contribution in [0.4, 0.5) is 14.5 Å². The second kappa shape index (κ2) is 7.49. The molecular formula is C15H20F2N2O3. The van der Waals surface area contributed by atoms with Crippen molar-refractivity contribution in [2.24, 2.45) is 0 Å². The van der Waals surface area contributed by atoms with Crippen molar-refractivity contribution in [1.82, 2.24) is 4.98 Å². The normalized spacial score (nSPS) is 17.3. The van der Waals surface area contributed by atoms with Gasteiger partial charge in [0.05, 0.1) is 12.0 Å². The number of carbonyl (C=O) groups is 1. The molecule has 1 aromatic rings. The lowest BCUT2D eigenvalue weighted by Gasteiger charge is -2.31. The van der Waals surface area contributed by atoms with Crippen molar-refractivity contribution in [2.75, 3.05) is 11.9 Å². The average molecular weight is 314 g/mol. The molecule has 0 bridgehead atoms. The second-order valence-corrected chi connectivity index (χ2v) is 5.57. The fourth-order valence-corrected chi connectivity index (χ4v) is 2.62. The number of aliphatic hydroxyl groups is 1. The van der Waals surface area contributed by atoms with Crippen molar-refractivity contribution < 1.29 is 23.4 Å². The monoisotopic (exact) mass is 314 g/mol. The minimum atomic E-state index is -2.62. The molecule has 2 N–H and O–H groups in total. The molecule has 0 aromatic carbocycles. The molecule has 1 amide bonds. The highest BCUT2D eigenvalue weighted by atomic mass is 19.3. The van der Waals surface area contributed by atoms with E-state index in [4.69, 9.17) is 4.74 Å². The molecule has 1 aromatic heterocycles. The summed E-state index contributed by atoms with van der Waals surface area (Å²) in [4.78, 5) is 15.9. The Balaban J connectivity index is 1.96. The van der Waals surface area contributed by atoms with E-state index in [-0.39, 0.29) is 23.9 Å². The summed E-state index contributed by atoms with van der Waals surface area (Å²) in [6.45, 7) is -0.788. The molecule has 0 radical (unpaired) electrons. The van der Waals surface area contributed by atoms with Crippen molar-refractivity contribution >= 4 is 11.6 Å². The molecule has 7 heteroatoms. The third-order valence-electron chi connectivity index (χ3n) is 3.67. The predicted octanol–water partition coefficient (Wildman–Crippen LogP) is 2.75. The molecule has 5 nitrogen and oxygen atoms in total. The first kappa shape index (κ1) is 16.6. The van der Waals surface area contributed by atoms with E-state index in [1.165, 1.54) is 12.3 Å². The number of alkyl halides is 2. The summed E-state index contributed by atoms with van der Waals surface area (Å²) in [6, 6.07) is 3.09. The first-order valence-electron chi connectivity index (χ1n) is 7.37. The Morgan fingerprint density at radius 3 is 2.82 bits per heavy atom. The van der Waals surface area contributed by atoms with Crippen molar-refractivity contribution in [3.8, 4) is 5.88 Å². The van der Waals surface area contributed by atoms with Gasteiger partial charge in [-0.25, -0.2) is 13.8 Å². The van der Waals surface area contributed by atoms with Gasteiger partial charge < -0.3 is 15.2 Å². The van der Waals surface area contributed by atoms with Gasteiger partial charge in [-0.2, -0.15) is 0 Å². The summed E-state index contributed by atoms with van der Waals surface area (Å²) in [5.41, 5.74) is -0.748. The highest BCUT2D eigenvalue weighted by molar-refractivity contribution is 5.92. The number of ether oxygens (including phenoxy) is 1. The lowest BCUT2D eigenvalue weighted by molar-refractivity contribution is -0.122. The molecule has 0 aliphatic heterocycles. The van der Waals surface area contributed by atoms with Crippen LogP contribution in [-0.4, -0.2) is 34.6 Å². The zero-order valence-corrected chi connectivity index (χ0v) is 12.2. The van der Waals surface area contributed by atoms with Crippen LogP contribution in [0.25, 0.3) is 0 Å². The van der Waals surface area contributed by atoms with E-state index < -0.39 is 18.6 Å². The number of amides is 1. The van der Waals surface area contributed by atoms with Crippen molar-refractivity contribution in [2.45, 2.75) is 50.6 Å². The van der Waals surface area contributed by atoms with Crippen LogP contribution in [0.3, 0.4) is 0 Å². The van der Waals surface area contributed by atoms with Gasteiger partial charge >= 0.3 is 0 Å². The predicted molar refractivity (Wildman–Crippen MR) is 77.0 cm³/mol. The van der Waals surface area contributed by atoms with Crippen molar-refractivity contribution in [3.63, 3.8) is 0 Å². The maximum atomic E-state index is 12.2. The molecule has 0 atom stereocenters. The molecule has 1 fully saturated rings. The Bertz CT molecular complexity index is 505. The zero-order valence-electron chi connectivity index (χ0n) is 12.2. The standard InChI is InChI=1S/C15H20F2N2O3/c16-12(17)10-22-14-11(5-4-8-18-14)19-13(20)9-15(21)6-2-1-3-7-15/h4-5,8,12,21H,1-3,6-7,9-10H2,(H,19,20). The Hall–Kier alpha value is -1.76. The van der Waals surface area contributed by atoms with Gasteiger partial charge in [0.1, 0.15) is 5.69 Å². The molecule has 1 aliphatic carbocycles. The van der Waals surface area contributed by atoms with Gasteiger partial charge in [-0.15, -0.1) is 0 Å². The van der Waals surface area contributed by atoms with E-state index >= 15 is 0 Å². The maximum absolute atomic E-state index is 12.2. The number of nitrogens with one attached hydrogen (secondary N) is 1. The molecule has 1 heterocycles. The fraction of sp³-hybridized carbons (Fsp3) is 0.600. The van der Waals surface area contributed by atoms with Crippen LogP contribution in [0.5, 0.6) is 5.88 Å². The molecule has 0 unspecified atom stereocenters. The van der Waals surface area contributed by atoms with Gasteiger partial charge in [0.15, 0.2) is 6.61 Å². The quantitative estimate of drug-likeness (QED) is 0.847. The number of hydrogen-bond donors (Lipinski definition) is 2. The summed E-state index contributed by atoms with van der Waals surface area (Å²) in [6.07, 6.45) is 2.83. The van der Waals surface area contributed by atoms with Crippen LogP contribution in [0.1, 0.15) is 38.5 Å². The first-order chi connectivity index (χ1) is 10.5. The third kappa shape index (κ3) is 4.91. The highest BCUT2D eigenvalue weighted by Crippen LogP contribution is 2.31. The van der Waals surface area contributed by atoms with Crippen LogP contribution in [-0.2, 0) is 4.79 Å². The molecule has 2 rings (SSSR count). The van der Waals surface area contributed by atoms with Gasteiger partial charge in [0.25, 0.3) is 6.43 Å². The van der Waals surface area contributed by atoms with Crippen LogP contribution in [0.2, 0.25) is 0 Å². The fourth-order valence-electron chi connectivity index (χ4n) is 2.62. The maximum Gasteiger partial charge on any atom is 0.272 e. The number of halogens is 2. The summed E-state index contributed by atoms with van der Waals surface area (Å²) in [7, 11) is 0. The number of nitrogens with zero attached hydrogens (tertiary/aromatic N) is 1. The number of carbonyl (C=O) groups excluding carboxylic acids is 1. The summed E-state index contributed by atoms with van der Waals surface area (Å²) >= 11 is 0. The third-order valence-corrected chi connectivity index (χ3v) is 3.67.